The van der Waals surface area contributed by atoms with E-state index in [4.69, 9.17) is 4.74 Å². The van der Waals surface area contributed by atoms with Crippen molar-refractivity contribution in [1.82, 2.24) is 4.98 Å². The fraction of sp³-hybridized carbons (Fsp3) is 0.300. The first-order chi connectivity index (χ1) is 13.6. The molecular weight excluding hydrogens is 362 g/mol. The zero-order chi connectivity index (χ0) is 19.9. The van der Waals surface area contributed by atoms with Crippen LogP contribution in [0.4, 0.5) is 0 Å². The third-order valence-electron chi connectivity index (χ3n) is 4.38. The number of rotatable bonds is 6. The Morgan fingerprint density at radius 1 is 1.32 bits per heavy atom. The van der Waals surface area contributed by atoms with E-state index >= 15 is 0 Å². The molecule has 8 heteroatoms. The van der Waals surface area contributed by atoms with E-state index in [1.165, 1.54) is 13.3 Å². The van der Waals surface area contributed by atoms with Crippen LogP contribution in [-0.2, 0) is 16.0 Å². The van der Waals surface area contributed by atoms with Crippen molar-refractivity contribution in [2.24, 2.45) is 5.16 Å². The second kappa shape index (κ2) is 8.98. The van der Waals surface area contributed by atoms with E-state index in [0.717, 1.165) is 19.3 Å². The number of aromatic nitrogens is 2. The summed E-state index contributed by atoms with van der Waals surface area (Å²) in [6.45, 7) is 0. The number of esters is 1. The summed E-state index contributed by atoms with van der Waals surface area (Å²) in [4.78, 5) is 32.5. The standard InChI is InChI=1S/C20H21N3O5/c1-27-21-13-12-16-17(20(25)28-15-10-6-3-7-11-15)19(24)22-18(23(16)26)14-8-4-2-5-9-14/h2,4-5,8-10,13H,3,6-7,11-12H2,1H3,(H,22,24). The maximum absolute atomic E-state index is 13.0. The largest absolute Gasteiger partial charge is 0.710 e. The lowest BCUT2D eigenvalue weighted by Crippen LogP contribution is -2.43. The number of carbonyl (C=O) groups excluding carboxylic acids is 1. The van der Waals surface area contributed by atoms with Crippen molar-refractivity contribution in [3.8, 4) is 11.4 Å². The van der Waals surface area contributed by atoms with E-state index < -0.39 is 11.5 Å². The summed E-state index contributed by atoms with van der Waals surface area (Å²) < 4.78 is 5.91. The molecule has 1 aromatic carbocycles. The van der Waals surface area contributed by atoms with Crippen LogP contribution in [0.1, 0.15) is 41.7 Å². The van der Waals surface area contributed by atoms with Gasteiger partial charge in [-0.1, -0.05) is 23.4 Å². The van der Waals surface area contributed by atoms with Crippen molar-refractivity contribution in [2.45, 2.75) is 32.1 Å². The number of aromatic amines is 1. The van der Waals surface area contributed by atoms with Crippen LogP contribution in [0.3, 0.4) is 0 Å². The van der Waals surface area contributed by atoms with E-state index in [1.54, 1.807) is 30.3 Å². The van der Waals surface area contributed by atoms with Gasteiger partial charge in [-0.3, -0.25) is 0 Å². The molecule has 1 aliphatic carbocycles. The summed E-state index contributed by atoms with van der Waals surface area (Å²) in [6.07, 6.45) is 6.48. The van der Waals surface area contributed by atoms with Gasteiger partial charge in [0.25, 0.3) is 5.82 Å². The molecule has 0 spiro atoms. The number of benzene rings is 1. The molecule has 8 nitrogen and oxygen atoms in total. The predicted octanol–water partition coefficient (Wildman–Crippen LogP) is 2.46. The molecule has 0 saturated heterocycles. The molecule has 1 heterocycles. The average molecular weight is 383 g/mol. The van der Waals surface area contributed by atoms with Crippen molar-refractivity contribution in [1.29, 1.82) is 0 Å². The molecule has 0 fully saturated rings. The second-order valence-electron chi connectivity index (χ2n) is 6.27. The summed E-state index contributed by atoms with van der Waals surface area (Å²) in [7, 11) is 1.36. The highest BCUT2D eigenvalue weighted by Crippen LogP contribution is 2.20. The fourth-order valence-electron chi connectivity index (χ4n) is 3.04. The third kappa shape index (κ3) is 4.28. The quantitative estimate of drug-likeness (QED) is 0.271. The first-order valence-corrected chi connectivity index (χ1v) is 9.02. The lowest BCUT2D eigenvalue weighted by atomic mass is 10.1. The molecule has 28 heavy (non-hydrogen) atoms. The molecular formula is C20H21N3O5. The highest BCUT2D eigenvalue weighted by atomic mass is 16.6. The van der Waals surface area contributed by atoms with Crippen molar-refractivity contribution >= 4 is 12.2 Å². The number of oxime groups is 1. The number of allylic oxidation sites excluding steroid dienone is 2. The normalized spacial score (nSPS) is 14.0. The Morgan fingerprint density at radius 3 is 2.79 bits per heavy atom. The van der Waals surface area contributed by atoms with Gasteiger partial charge in [-0.2, -0.15) is 0 Å². The van der Waals surface area contributed by atoms with Crippen LogP contribution < -0.4 is 10.3 Å². The zero-order valence-corrected chi connectivity index (χ0v) is 15.5. The Bertz CT molecular complexity index is 964. The van der Waals surface area contributed by atoms with Crippen LogP contribution in [0.2, 0.25) is 0 Å². The molecule has 0 bridgehead atoms. The number of H-pyrrole nitrogens is 1. The molecule has 1 N–H and O–H groups in total. The minimum Gasteiger partial charge on any atom is -0.710 e. The number of ether oxygens (including phenoxy) is 1. The summed E-state index contributed by atoms with van der Waals surface area (Å²) in [6, 6.07) is 8.68. The molecule has 146 valence electrons. The summed E-state index contributed by atoms with van der Waals surface area (Å²) in [5, 5.41) is 16.6. The maximum Gasteiger partial charge on any atom is 0.355 e. The highest BCUT2D eigenvalue weighted by molar-refractivity contribution is 5.91. The lowest BCUT2D eigenvalue weighted by Gasteiger charge is -2.16. The van der Waals surface area contributed by atoms with Gasteiger partial charge < -0.3 is 14.8 Å². The molecule has 0 saturated carbocycles. The van der Waals surface area contributed by atoms with Crippen LogP contribution in [0, 0.1) is 5.21 Å². The van der Waals surface area contributed by atoms with Crippen molar-refractivity contribution in [2.75, 3.05) is 7.11 Å². The summed E-state index contributed by atoms with van der Waals surface area (Å²) in [5.74, 6) is -0.281. The van der Waals surface area contributed by atoms with Gasteiger partial charge in [-0.15, -0.1) is 0 Å². The molecule has 0 radical (unpaired) electrons. The Kier molecular flexibility index (Phi) is 6.21. The Labute approximate surface area is 161 Å². The Hall–Kier alpha value is -3.42. The number of hydrogen-bond acceptors (Lipinski definition) is 6. The van der Waals surface area contributed by atoms with E-state index in [1.807, 2.05) is 6.08 Å². The minimum atomic E-state index is -0.848. The first-order valence-electron chi connectivity index (χ1n) is 9.02. The lowest BCUT2D eigenvalue weighted by molar-refractivity contribution is -0.604. The van der Waals surface area contributed by atoms with Crippen LogP contribution in [0.25, 0.3) is 11.4 Å². The van der Waals surface area contributed by atoms with Gasteiger partial charge in [-0.25, -0.2) is 19.3 Å². The van der Waals surface area contributed by atoms with E-state index in [0.29, 0.717) is 22.5 Å². The summed E-state index contributed by atoms with van der Waals surface area (Å²) >= 11 is 0. The number of hydrogen-bond donors (Lipinski definition) is 1. The van der Waals surface area contributed by atoms with Crippen LogP contribution >= 0.6 is 0 Å². The van der Waals surface area contributed by atoms with E-state index in [9.17, 15) is 14.8 Å². The molecule has 0 unspecified atom stereocenters. The molecule has 1 aromatic heterocycles. The van der Waals surface area contributed by atoms with Gasteiger partial charge >= 0.3 is 11.5 Å². The smallest absolute Gasteiger partial charge is 0.355 e. The van der Waals surface area contributed by atoms with Gasteiger partial charge in [0.1, 0.15) is 18.6 Å². The highest BCUT2D eigenvalue weighted by Gasteiger charge is 2.28. The summed E-state index contributed by atoms with van der Waals surface area (Å²) in [5.41, 5.74) is -0.545. The van der Waals surface area contributed by atoms with Crippen molar-refractivity contribution in [3.05, 3.63) is 69.0 Å². The monoisotopic (exact) mass is 383 g/mol. The Balaban J connectivity index is 2.06. The zero-order valence-electron chi connectivity index (χ0n) is 15.5. The predicted molar refractivity (Wildman–Crippen MR) is 103 cm³/mol. The molecule has 0 aliphatic heterocycles. The Morgan fingerprint density at radius 2 is 2.11 bits per heavy atom. The van der Waals surface area contributed by atoms with Crippen molar-refractivity contribution < 1.29 is 19.1 Å². The van der Waals surface area contributed by atoms with Crippen LogP contribution in [0.15, 0.2) is 52.1 Å². The van der Waals surface area contributed by atoms with Gasteiger partial charge in [0, 0.05) is 12.8 Å². The van der Waals surface area contributed by atoms with E-state index in [2.05, 4.69) is 15.0 Å². The van der Waals surface area contributed by atoms with Gasteiger partial charge in [0.05, 0.1) is 11.8 Å². The van der Waals surface area contributed by atoms with Crippen LogP contribution in [-0.4, -0.2) is 24.3 Å². The van der Waals surface area contributed by atoms with Gasteiger partial charge in [0.15, 0.2) is 5.56 Å². The van der Waals surface area contributed by atoms with E-state index in [-0.39, 0.29) is 23.5 Å². The van der Waals surface area contributed by atoms with Gasteiger partial charge in [0.2, 0.25) is 0 Å². The van der Waals surface area contributed by atoms with Crippen molar-refractivity contribution in [3.63, 3.8) is 0 Å². The maximum atomic E-state index is 13.0. The second-order valence-corrected chi connectivity index (χ2v) is 6.27. The van der Waals surface area contributed by atoms with Crippen LogP contribution in [0.5, 0.6) is 0 Å². The number of nitrogens with zero attached hydrogens (tertiary/aromatic N) is 2. The SMILES string of the molecule is CON=CCc1c(C(=O)OC2=CCCCC2)c(=O)[nH]c(-c2ccccc2)[n+]1[O-]. The number of nitrogens with one attached hydrogen (secondary N) is 1. The first kappa shape index (κ1) is 19.3. The molecule has 0 amide bonds. The fourth-order valence-corrected chi connectivity index (χ4v) is 3.04. The number of carbonyl (C=O) groups is 1. The molecule has 3 rings (SSSR count). The van der Waals surface area contributed by atoms with Gasteiger partial charge in [-0.05, 0) is 37.5 Å². The molecule has 2 aromatic rings. The average Bonchev–Trinajstić information content (AvgIpc) is 2.71. The molecule has 0 atom stereocenters. The minimum absolute atomic E-state index is 0.0415. The molecule has 1 aliphatic rings. The topological polar surface area (TPSA) is 108 Å². The third-order valence-corrected chi connectivity index (χ3v) is 4.38.